The summed E-state index contributed by atoms with van der Waals surface area (Å²) in [5.41, 5.74) is 0.870. The summed E-state index contributed by atoms with van der Waals surface area (Å²) in [7, 11) is 0. The molecule has 6 nitrogen and oxygen atoms in total. The van der Waals surface area contributed by atoms with Gasteiger partial charge in [0, 0.05) is 31.2 Å². The average molecular weight is 313 g/mol. The predicted molar refractivity (Wildman–Crippen MR) is 87.3 cm³/mol. The van der Waals surface area contributed by atoms with Crippen LogP contribution >= 0.6 is 0 Å². The number of carbonyl (C=O) groups is 1. The topological polar surface area (TPSA) is 62.5 Å². The molecule has 1 saturated heterocycles. The highest BCUT2D eigenvalue weighted by Crippen LogP contribution is 2.26. The van der Waals surface area contributed by atoms with E-state index in [1.807, 2.05) is 33.7 Å². The lowest BCUT2D eigenvalue weighted by molar-refractivity contribution is 0.174. The summed E-state index contributed by atoms with van der Waals surface area (Å²) in [6, 6.07) is 6.39. The van der Waals surface area contributed by atoms with E-state index in [0.717, 1.165) is 50.2 Å². The quantitative estimate of drug-likeness (QED) is 0.927. The van der Waals surface area contributed by atoms with Crippen LogP contribution in [-0.4, -0.2) is 44.7 Å². The van der Waals surface area contributed by atoms with Gasteiger partial charge in [0.1, 0.15) is 5.82 Å². The first-order chi connectivity index (χ1) is 11.3. The van der Waals surface area contributed by atoms with Gasteiger partial charge in [0.25, 0.3) is 0 Å². The molecule has 2 fully saturated rings. The van der Waals surface area contributed by atoms with Gasteiger partial charge in [-0.1, -0.05) is 18.9 Å². The van der Waals surface area contributed by atoms with Crippen LogP contribution < -0.4 is 5.32 Å². The smallest absolute Gasteiger partial charge is 0.317 e. The number of aromatic nitrogens is 3. The van der Waals surface area contributed by atoms with Crippen LogP contribution in [0.3, 0.4) is 0 Å². The molecule has 0 spiro atoms. The van der Waals surface area contributed by atoms with E-state index in [9.17, 15) is 4.79 Å². The van der Waals surface area contributed by atoms with Crippen molar-refractivity contribution in [2.75, 3.05) is 13.1 Å². The Kier molecular flexibility index (Phi) is 3.89. The van der Waals surface area contributed by atoms with Crippen molar-refractivity contribution in [3.05, 3.63) is 30.2 Å². The molecule has 1 N–H and O–H groups in total. The molecule has 2 amide bonds. The molecule has 122 valence electrons. The van der Waals surface area contributed by atoms with Crippen molar-refractivity contribution in [1.29, 1.82) is 0 Å². The summed E-state index contributed by atoms with van der Waals surface area (Å²) in [5.74, 6) is 1.23. The first kappa shape index (κ1) is 14.5. The monoisotopic (exact) mass is 313 g/mol. The van der Waals surface area contributed by atoms with Crippen LogP contribution in [-0.2, 0) is 0 Å². The van der Waals surface area contributed by atoms with Crippen molar-refractivity contribution >= 4 is 11.7 Å². The van der Waals surface area contributed by atoms with Crippen molar-refractivity contribution in [2.45, 2.75) is 50.5 Å². The van der Waals surface area contributed by atoms with Crippen LogP contribution in [0.25, 0.3) is 5.65 Å². The lowest BCUT2D eigenvalue weighted by Gasteiger charge is -2.32. The maximum absolute atomic E-state index is 12.5. The highest BCUT2D eigenvalue weighted by Gasteiger charge is 2.29. The molecule has 0 unspecified atom stereocenters. The summed E-state index contributed by atoms with van der Waals surface area (Å²) in [5, 5.41) is 11.8. The molecule has 0 bridgehead atoms. The standard InChI is InChI=1S/C17H23N5O/c23-17(18-14-7-1-2-8-14)21-10-5-6-13(12-21)16-20-19-15-9-3-4-11-22(15)16/h3-4,9,11,13-14H,1-2,5-8,10,12H2,(H,18,23)/t13-/m1/s1. The average Bonchev–Trinajstić information content (AvgIpc) is 3.24. The zero-order valence-corrected chi connectivity index (χ0v) is 13.3. The number of hydrogen-bond donors (Lipinski definition) is 1. The van der Waals surface area contributed by atoms with E-state index in [1.54, 1.807) is 0 Å². The SMILES string of the molecule is O=C(NC1CCCC1)N1CCC[C@@H](c2nnc3ccccn23)C1. The van der Waals surface area contributed by atoms with Gasteiger partial charge in [-0.25, -0.2) is 4.79 Å². The van der Waals surface area contributed by atoms with Crippen molar-refractivity contribution < 1.29 is 4.79 Å². The summed E-state index contributed by atoms with van der Waals surface area (Å²) < 4.78 is 2.04. The zero-order chi connectivity index (χ0) is 15.6. The molecule has 1 aliphatic carbocycles. The second-order valence-corrected chi connectivity index (χ2v) is 6.70. The minimum absolute atomic E-state index is 0.0930. The molecule has 2 aromatic heterocycles. The van der Waals surface area contributed by atoms with E-state index >= 15 is 0 Å². The molecule has 1 saturated carbocycles. The number of likely N-dealkylation sites (tertiary alicyclic amines) is 1. The third-order valence-electron chi connectivity index (χ3n) is 5.10. The number of hydrogen-bond acceptors (Lipinski definition) is 3. The minimum atomic E-state index is 0.0930. The number of nitrogens with one attached hydrogen (secondary N) is 1. The van der Waals surface area contributed by atoms with Gasteiger partial charge >= 0.3 is 6.03 Å². The number of piperidine rings is 1. The summed E-state index contributed by atoms with van der Waals surface area (Å²) >= 11 is 0. The van der Waals surface area contributed by atoms with Gasteiger partial charge in [0.2, 0.25) is 0 Å². The third-order valence-corrected chi connectivity index (χ3v) is 5.10. The van der Waals surface area contributed by atoms with E-state index in [4.69, 9.17) is 0 Å². The number of amides is 2. The predicted octanol–water partition coefficient (Wildman–Crippen LogP) is 2.56. The maximum atomic E-state index is 12.5. The molecule has 2 aliphatic rings. The Morgan fingerprint density at radius 3 is 2.87 bits per heavy atom. The van der Waals surface area contributed by atoms with Crippen LogP contribution in [0.5, 0.6) is 0 Å². The zero-order valence-electron chi connectivity index (χ0n) is 13.3. The van der Waals surface area contributed by atoms with Gasteiger partial charge in [-0.3, -0.25) is 4.40 Å². The third kappa shape index (κ3) is 2.90. The van der Waals surface area contributed by atoms with E-state index in [2.05, 4.69) is 15.5 Å². The van der Waals surface area contributed by atoms with Crippen molar-refractivity contribution in [3.8, 4) is 0 Å². The maximum Gasteiger partial charge on any atom is 0.317 e. The van der Waals surface area contributed by atoms with Crippen molar-refractivity contribution in [2.24, 2.45) is 0 Å². The van der Waals surface area contributed by atoms with Gasteiger partial charge in [-0.05, 0) is 37.8 Å². The largest absolute Gasteiger partial charge is 0.335 e. The number of fused-ring (bicyclic) bond motifs is 1. The first-order valence-electron chi connectivity index (χ1n) is 8.66. The van der Waals surface area contributed by atoms with Gasteiger partial charge in [-0.15, -0.1) is 10.2 Å². The number of rotatable bonds is 2. The molecular formula is C17H23N5O. The second kappa shape index (κ2) is 6.18. The fourth-order valence-electron chi connectivity index (χ4n) is 3.85. The Morgan fingerprint density at radius 1 is 1.13 bits per heavy atom. The lowest BCUT2D eigenvalue weighted by atomic mass is 9.97. The van der Waals surface area contributed by atoms with Crippen LogP contribution in [0, 0.1) is 0 Å². The fraction of sp³-hybridized carbons (Fsp3) is 0.588. The molecular weight excluding hydrogens is 290 g/mol. The van der Waals surface area contributed by atoms with E-state index < -0.39 is 0 Å². The minimum Gasteiger partial charge on any atom is -0.335 e. The summed E-state index contributed by atoms with van der Waals surface area (Å²) in [4.78, 5) is 14.5. The summed E-state index contributed by atoms with van der Waals surface area (Å²) in [6.07, 6.45) is 8.80. The lowest BCUT2D eigenvalue weighted by Crippen LogP contribution is -2.47. The van der Waals surface area contributed by atoms with Crippen LogP contribution in [0.1, 0.15) is 50.3 Å². The van der Waals surface area contributed by atoms with Crippen LogP contribution in [0.15, 0.2) is 24.4 Å². The van der Waals surface area contributed by atoms with Gasteiger partial charge in [0.05, 0.1) is 0 Å². The molecule has 0 aromatic carbocycles. The second-order valence-electron chi connectivity index (χ2n) is 6.70. The van der Waals surface area contributed by atoms with Crippen LogP contribution in [0.4, 0.5) is 4.79 Å². The van der Waals surface area contributed by atoms with Crippen molar-refractivity contribution in [1.82, 2.24) is 24.8 Å². The molecule has 0 radical (unpaired) electrons. The number of urea groups is 1. The summed E-state index contributed by atoms with van der Waals surface area (Å²) in [6.45, 7) is 1.57. The van der Waals surface area contributed by atoms with E-state index in [-0.39, 0.29) is 11.9 Å². The fourth-order valence-corrected chi connectivity index (χ4v) is 3.85. The Labute approximate surface area is 135 Å². The molecule has 6 heteroatoms. The molecule has 23 heavy (non-hydrogen) atoms. The first-order valence-corrected chi connectivity index (χ1v) is 8.66. The Balaban J connectivity index is 1.47. The van der Waals surface area contributed by atoms with Crippen molar-refractivity contribution in [3.63, 3.8) is 0 Å². The molecule has 1 aliphatic heterocycles. The number of nitrogens with zero attached hydrogens (tertiary/aromatic N) is 4. The molecule has 1 atom stereocenters. The van der Waals surface area contributed by atoms with E-state index in [1.165, 1.54) is 12.8 Å². The molecule has 3 heterocycles. The van der Waals surface area contributed by atoms with Gasteiger partial charge < -0.3 is 10.2 Å². The van der Waals surface area contributed by atoms with E-state index in [0.29, 0.717) is 6.04 Å². The van der Waals surface area contributed by atoms with Gasteiger partial charge in [-0.2, -0.15) is 0 Å². The Bertz CT molecular complexity index is 691. The van der Waals surface area contributed by atoms with Crippen LogP contribution in [0.2, 0.25) is 0 Å². The normalized spacial score (nSPS) is 22.6. The molecule has 4 rings (SSSR count). The Morgan fingerprint density at radius 2 is 2.00 bits per heavy atom. The Hall–Kier alpha value is -2.11. The number of pyridine rings is 1. The number of carbonyl (C=O) groups excluding carboxylic acids is 1. The van der Waals surface area contributed by atoms with Gasteiger partial charge in [0.15, 0.2) is 5.65 Å². The molecule has 2 aromatic rings. The highest BCUT2D eigenvalue weighted by molar-refractivity contribution is 5.74. The highest BCUT2D eigenvalue weighted by atomic mass is 16.2.